The summed E-state index contributed by atoms with van der Waals surface area (Å²) in [5, 5.41) is 2.60. The van der Waals surface area contributed by atoms with Crippen LogP contribution in [0.3, 0.4) is 0 Å². The van der Waals surface area contributed by atoms with Crippen LogP contribution in [0.1, 0.15) is 28.8 Å². The van der Waals surface area contributed by atoms with Gasteiger partial charge in [-0.1, -0.05) is 0 Å². The summed E-state index contributed by atoms with van der Waals surface area (Å²) < 4.78 is 38.0. The summed E-state index contributed by atoms with van der Waals surface area (Å²) in [5.74, 6) is 0.482. The standard InChI is InChI=1S/C13H17F3N2OS/c1-20-7-3-2-6-18-12(19)9-4-5-11(17)10(8-9)13(14,15)16/h4-5,8H,2-3,6-7,17H2,1H3,(H,18,19). The molecule has 0 saturated heterocycles. The zero-order valence-electron chi connectivity index (χ0n) is 11.1. The summed E-state index contributed by atoms with van der Waals surface area (Å²) >= 11 is 1.71. The first kappa shape index (κ1) is 16.7. The van der Waals surface area contributed by atoms with Crippen LogP contribution in [0.25, 0.3) is 0 Å². The van der Waals surface area contributed by atoms with Crippen molar-refractivity contribution in [2.75, 3.05) is 24.3 Å². The first-order valence-electron chi connectivity index (χ1n) is 6.10. The van der Waals surface area contributed by atoms with Crippen molar-refractivity contribution >= 4 is 23.4 Å². The van der Waals surface area contributed by atoms with Gasteiger partial charge in [-0.2, -0.15) is 24.9 Å². The van der Waals surface area contributed by atoms with Crippen LogP contribution in [-0.2, 0) is 6.18 Å². The van der Waals surface area contributed by atoms with Crippen LogP contribution < -0.4 is 11.1 Å². The fraction of sp³-hybridized carbons (Fsp3) is 0.462. The minimum Gasteiger partial charge on any atom is -0.398 e. The zero-order chi connectivity index (χ0) is 15.2. The molecule has 0 aliphatic heterocycles. The number of carbonyl (C=O) groups excluding carboxylic acids is 1. The van der Waals surface area contributed by atoms with Gasteiger partial charge < -0.3 is 11.1 Å². The van der Waals surface area contributed by atoms with Gasteiger partial charge in [0.25, 0.3) is 5.91 Å². The van der Waals surface area contributed by atoms with E-state index in [0.717, 1.165) is 30.7 Å². The normalized spacial score (nSPS) is 11.4. The minimum absolute atomic E-state index is 0.0311. The van der Waals surface area contributed by atoms with Gasteiger partial charge in [0, 0.05) is 17.8 Å². The SMILES string of the molecule is CSCCCCNC(=O)c1ccc(N)c(C(F)(F)F)c1. The molecule has 3 N–H and O–H groups in total. The van der Waals surface area contributed by atoms with Crippen molar-refractivity contribution in [1.82, 2.24) is 5.32 Å². The number of carbonyl (C=O) groups is 1. The van der Waals surface area contributed by atoms with Crippen LogP contribution in [0.5, 0.6) is 0 Å². The Morgan fingerprint density at radius 1 is 1.35 bits per heavy atom. The monoisotopic (exact) mass is 306 g/mol. The molecule has 3 nitrogen and oxygen atoms in total. The van der Waals surface area contributed by atoms with Crippen molar-refractivity contribution < 1.29 is 18.0 Å². The van der Waals surface area contributed by atoms with Crippen molar-refractivity contribution in [3.05, 3.63) is 29.3 Å². The van der Waals surface area contributed by atoms with E-state index in [9.17, 15) is 18.0 Å². The number of nitrogens with one attached hydrogen (secondary N) is 1. The predicted octanol–water partition coefficient (Wildman–Crippen LogP) is 3.16. The summed E-state index contributed by atoms with van der Waals surface area (Å²) in [6.45, 7) is 0.450. The molecule has 0 fully saturated rings. The third-order valence-electron chi connectivity index (χ3n) is 2.68. The van der Waals surface area contributed by atoms with E-state index in [2.05, 4.69) is 5.32 Å². The van der Waals surface area contributed by atoms with E-state index in [1.54, 1.807) is 11.8 Å². The van der Waals surface area contributed by atoms with Gasteiger partial charge >= 0.3 is 6.18 Å². The highest BCUT2D eigenvalue weighted by Crippen LogP contribution is 2.33. The number of rotatable bonds is 6. The number of alkyl halides is 3. The second-order valence-corrected chi connectivity index (χ2v) is 5.24. The number of benzene rings is 1. The molecular weight excluding hydrogens is 289 g/mol. The topological polar surface area (TPSA) is 55.1 Å². The van der Waals surface area contributed by atoms with E-state index in [4.69, 9.17) is 5.73 Å². The Kier molecular flexibility index (Phi) is 6.19. The first-order chi connectivity index (χ1) is 9.36. The van der Waals surface area contributed by atoms with Crippen molar-refractivity contribution in [2.24, 2.45) is 0 Å². The summed E-state index contributed by atoms with van der Waals surface area (Å²) in [4.78, 5) is 11.7. The van der Waals surface area contributed by atoms with E-state index in [1.165, 1.54) is 6.07 Å². The molecule has 0 saturated carbocycles. The maximum atomic E-state index is 12.7. The first-order valence-corrected chi connectivity index (χ1v) is 7.49. The number of unbranched alkanes of at least 4 members (excludes halogenated alkanes) is 1. The van der Waals surface area contributed by atoms with Gasteiger partial charge in [-0.3, -0.25) is 4.79 Å². The van der Waals surface area contributed by atoms with Crippen LogP contribution >= 0.6 is 11.8 Å². The van der Waals surface area contributed by atoms with Gasteiger partial charge in [0.1, 0.15) is 0 Å². The quantitative estimate of drug-likeness (QED) is 0.627. The molecule has 1 rings (SSSR count). The van der Waals surface area contributed by atoms with E-state index in [-0.39, 0.29) is 11.3 Å². The highest BCUT2D eigenvalue weighted by Gasteiger charge is 2.33. The smallest absolute Gasteiger partial charge is 0.398 e. The van der Waals surface area contributed by atoms with Gasteiger partial charge in [-0.15, -0.1) is 0 Å². The molecule has 20 heavy (non-hydrogen) atoms. The van der Waals surface area contributed by atoms with Crippen LogP contribution in [0.15, 0.2) is 18.2 Å². The van der Waals surface area contributed by atoms with E-state index in [1.807, 2.05) is 6.26 Å². The lowest BCUT2D eigenvalue weighted by Crippen LogP contribution is -2.25. The molecule has 0 aliphatic rings. The van der Waals surface area contributed by atoms with Crippen molar-refractivity contribution in [3.8, 4) is 0 Å². The highest BCUT2D eigenvalue weighted by atomic mass is 32.2. The molecule has 0 radical (unpaired) electrons. The zero-order valence-corrected chi connectivity index (χ0v) is 11.9. The predicted molar refractivity (Wildman–Crippen MR) is 75.8 cm³/mol. The molecular formula is C13H17F3N2OS. The average molecular weight is 306 g/mol. The summed E-state index contributed by atoms with van der Waals surface area (Å²) in [5.41, 5.74) is 3.89. The molecule has 7 heteroatoms. The van der Waals surface area contributed by atoms with Gasteiger partial charge in [0.2, 0.25) is 0 Å². The molecule has 0 aromatic heterocycles. The van der Waals surface area contributed by atoms with Crippen LogP contribution in [0.2, 0.25) is 0 Å². The lowest BCUT2D eigenvalue weighted by Gasteiger charge is -2.12. The molecule has 0 atom stereocenters. The maximum absolute atomic E-state index is 12.7. The van der Waals surface area contributed by atoms with Gasteiger partial charge in [-0.05, 0) is 43.0 Å². The fourth-order valence-electron chi connectivity index (χ4n) is 1.62. The van der Waals surface area contributed by atoms with Gasteiger partial charge in [0.15, 0.2) is 0 Å². The Balaban J connectivity index is 2.65. The number of amides is 1. The number of hydrogen-bond donors (Lipinski definition) is 2. The Morgan fingerprint density at radius 3 is 2.65 bits per heavy atom. The highest BCUT2D eigenvalue weighted by molar-refractivity contribution is 7.98. The summed E-state index contributed by atoms with van der Waals surface area (Å²) in [6.07, 6.45) is -0.811. The molecule has 112 valence electrons. The third kappa shape index (κ3) is 4.96. The second-order valence-electron chi connectivity index (χ2n) is 4.26. The second kappa shape index (κ2) is 7.42. The number of thioether (sulfide) groups is 1. The Morgan fingerprint density at radius 2 is 2.05 bits per heavy atom. The maximum Gasteiger partial charge on any atom is 0.418 e. The van der Waals surface area contributed by atoms with E-state index < -0.39 is 17.6 Å². The lowest BCUT2D eigenvalue weighted by atomic mass is 10.1. The number of hydrogen-bond acceptors (Lipinski definition) is 3. The number of nitrogen functional groups attached to an aromatic ring is 1. The molecule has 0 unspecified atom stereocenters. The summed E-state index contributed by atoms with van der Waals surface area (Å²) in [7, 11) is 0. The van der Waals surface area contributed by atoms with Crippen molar-refractivity contribution in [3.63, 3.8) is 0 Å². The van der Waals surface area contributed by atoms with Crippen LogP contribution in [0, 0.1) is 0 Å². The molecule has 0 spiro atoms. The van der Waals surface area contributed by atoms with Gasteiger partial charge in [-0.25, -0.2) is 0 Å². The lowest BCUT2D eigenvalue weighted by molar-refractivity contribution is -0.136. The Hall–Kier alpha value is -1.37. The molecule has 1 aromatic rings. The van der Waals surface area contributed by atoms with Gasteiger partial charge in [0.05, 0.1) is 5.56 Å². The number of nitrogens with two attached hydrogens (primary N) is 1. The summed E-state index contributed by atoms with van der Waals surface area (Å²) in [6, 6.07) is 3.18. The molecule has 0 bridgehead atoms. The minimum atomic E-state index is -4.56. The van der Waals surface area contributed by atoms with E-state index in [0.29, 0.717) is 6.54 Å². The fourth-order valence-corrected chi connectivity index (χ4v) is 2.11. The Labute approximate surface area is 120 Å². The third-order valence-corrected chi connectivity index (χ3v) is 3.38. The molecule has 0 heterocycles. The van der Waals surface area contributed by atoms with E-state index >= 15 is 0 Å². The number of anilines is 1. The average Bonchev–Trinajstić information content (AvgIpc) is 2.37. The van der Waals surface area contributed by atoms with Crippen LogP contribution in [-0.4, -0.2) is 24.5 Å². The number of halogens is 3. The largest absolute Gasteiger partial charge is 0.418 e. The molecule has 0 aliphatic carbocycles. The molecule has 1 aromatic carbocycles. The Bertz CT molecular complexity index is 463. The van der Waals surface area contributed by atoms with Crippen molar-refractivity contribution in [1.29, 1.82) is 0 Å². The molecule has 1 amide bonds. The van der Waals surface area contributed by atoms with Crippen molar-refractivity contribution in [2.45, 2.75) is 19.0 Å². The van der Waals surface area contributed by atoms with Crippen LogP contribution in [0.4, 0.5) is 18.9 Å².